The Morgan fingerprint density at radius 1 is 1.69 bits per heavy atom. The van der Waals surface area contributed by atoms with Crippen molar-refractivity contribution >= 4 is 5.78 Å². The van der Waals surface area contributed by atoms with E-state index in [9.17, 15) is 4.79 Å². The third-order valence-electron chi connectivity index (χ3n) is 2.41. The maximum absolute atomic E-state index is 11.8. The summed E-state index contributed by atoms with van der Waals surface area (Å²) in [5.41, 5.74) is 4.64. The Labute approximate surface area is 79.6 Å². The lowest BCUT2D eigenvalue weighted by atomic mass is 9.83. The summed E-state index contributed by atoms with van der Waals surface area (Å²) in [5, 5.41) is 0. The third kappa shape index (κ3) is 2.29. The molecule has 1 heterocycles. The number of ketones is 1. The molecule has 1 saturated heterocycles. The number of nitrogens with two attached hydrogens (primary N) is 1. The van der Waals surface area contributed by atoms with Gasteiger partial charge in [-0.05, 0) is 26.2 Å². The van der Waals surface area contributed by atoms with Gasteiger partial charge in [0.1, 0.15) is 5.60 Å². The van der Waals surface area contributed by atoms with Gasteiger partial charge >= 0.3 is 0 Å². The molecule has 0 bridgehead atoms. The van der Waals surface area contributed by atoms with Gasteiger partial charge in [-0.1, -0.05) is 13.8 Å². The summed E-state index contributed by atoms with van der Waals surface area (Å²) in [7, 11) is 0. The molecule has 3 heteroatoms. The van der Waals surface area contributed by atoms with Crippen LogP contribution in [0.15, 0.2) is 0 Å². The van der Waals surface area contributed by atoms with Gasteiger partial charge in [0.15, 0.2) is 5.78 Å². The summed E-state index contributed by atoms with van der Waals surface area (Å²) in [6.45, 7) is 8.25. The van der Waals surface area contributed by atoms with Crippen LogP contribution in [0, 0.1) is 5.92 Å². The van der Waals surface area contributed by atoms with Gasteiger partial charge in [-0.25, -0.2) is 0 Å². The topological polar surface area (TPSA) is 55.6 Å². The minimum atomic E-state index is -0.737. The van der Waals surface area contributed by atoms with Crippen molar-refractivity contribution in [1.82, 2.24) is 0 Å². The fraction of sp³-hybridized carbons (Fsp3) is 0.900. The molecule has 1 rings (SSSR count). The molecule has 0 aliphatic carbocycles. The Bertz CT molecular complexity index is 217. The first-order valence-electron chi connectivity index (χ1n) is 4.76. The van der Waals surface area contributed by atoms with E-state index in [0.29, 0.717) is 18.9 Å². The molecule has 0 spiro atoms. The van der Waals surface area contributed by atoms with E-state index in [2.05, 4.69) is 13.8 Å². The average molecular weight is 185 g/mol. The lowest BCUT2D eigenvalue weighted by molar-refractivity contribution is -0.128. The van der Waals surface area contributed by atoms with Crippen molar-refractivity contribution in [2.24, 2.45) is 11.7 Å². The molecule has 0 radical (unpaired) electrons. The van der Waals surface area contributed by atoms with Crippen LogP contribution in [0.25, 0.3) is 0 Å². The highest BCUT2D eigenvalue weighted by Gasteiger charge is 2.52. The van der Waals surface area contributed by atoms with Gasteiger partial charge in [-0.3, -0.25) is 4.79 Å². The Kier molecular flexibility index (Phi) is 2.52. The number of rotatable bonds is 4. The van der Waals surface area contributed by atoms with Crippen molar-refractivity contribution in [2.45, 2.75) is 45.3 Å². The van der Waals surface area contributed by atoms with Crippen LogP contribution in [-0.4, -0.2) is 23.5 Å². The van der Waals surface area contributed by atoms with Gasteiger partial charge in [0.05, 0.1) is 12.1 Å². The maximum Gasteiger partial charge on any atom is 0.186 e. The first kappa shape index (κ1) is 10.7. The van der Waals surface area contributed by atoms with Crippen LogP contribution in [0.1, 0.15) is 34.1 Å². The molecule has 0 aromatic heterocycles. The smallest absolute Gasteiger partial charge is 0.186 e. The van der Waals surface area contributed by atoms with E-state index in [0.717, 1.165) is 0 Å². The zero-order chi connectivity index (χ0) is 10.3. The van der Waals surface area contributed by atoms with Crippen molar-refractivity contribution in [3.05, 3.63) is 0 Å². The van der Waals surface area contributed by atoms with Crippen LogP contribution in [-0.2, 0) is 9.53 Å². The number of ether oxygens (including phenoxy) is 1. The summed E-state index contributed by atoms with van der Waals surface area (Å²) in [5.74, 6) is 0.468. The molecule has 76 valence electrons. The van der Waals surface area contributed by atoms with Crippen molar-refractivity contribution in [3.8, 4) is 0 Å². The zero-order valence-electron chi connectivity index (χ0n) is 8.89. The van der Waals surface area contributed by atoms with Gasteiger partial charge in [-0.2, -0.15) is 0 Å². The number of hydrogen-bond acceptors (Lipinski definition) is 3. The summed E-state index contributed by atoms with van der Waals surface area (Å²) >= 11 is 0. The van der Waals surface area contributed by atoms with Crippen LogP contribution in [0.2, 0.25) is 0 Å². The van der Waals surface area contributed by atoms with E-state index >= 15 is 0 Å². The summed E-state index contributed by atoms with van der Waals surface area (Å²) in [6, 6.07) is 0. The highest BCUT2D eigenvalue weighted by molar-refractivity contribution is 5.96. The fourth-order valence-electron chi connectivity index (χ4n) is 1.78. The Balaban J connectivity index is 2.63. The minimum absolute atomic E-state index is 0.0358. The third-order valence-corrected chi connectivity index (χ3v) is 2.41. The molecule has 13 heavy (non-hydrogen) atoms. The number of Topliss-reactive ketones (excluding diaryl/α,β-unsaturated/α-hetero) is 1. The summed E-state index contributed by atoms with van der Waals surface area (Å²) < 4.78 is 5.10. The molecular formula is C10H19NO2. The molecule has 0 unspecified atom stereocenters. The first-order chi connectivity index (χ1) is 5.78. The van der Waals surface area contributed by atoms with Crippen LogP contribution < -0.4 is 5.73 Å². The van der Waals surface area contributed by atoms with Crippen LogP contribution in [0.4, 0.5) is 0 Å². The van der Waals surface area contributed by atoms with Crippen molar-refractivity contribution < 1.29 is 9.53 Å². The van der Waals surface area contributed by atoms with E-state index < -0.39 is 11.1 Å². The molecule has 3 nitrogen and oxygen atoms in total. The Hall–Kier alpha value is -0.410. The predicted molar refractivity (Wildman–Crippen MR) is 51.4 cm³/mol. The second-order valence-electron chi connectivity index (χ2n) is 4.86. The molecule has 2 N–H and O–H groups in total. The molecule has 1 fully saturated rings. The Morgan fingerprint density at radius 3 is 2.46 bits per heavy atom. The van der Waals surface area contributed by atoms with Gasteiger partial charge in [-0.15, -0.1) is 0 Å². The second-order valence-corrected chi connectivity index (χ2v) is 4.86. The zero-order valence-corrected chi connectivity index (χ0v) is 8.89. The number of carbonyl (C=O) groups is 1. The van der Waals surface area contributed by atoms with E-state index in [4.69, 9.17) is 10.5 Å². The molecule has 1 aliphatic heterocycles. The van der Waals surface area contributed by atoms with Crippen LogP contribution >= 0.6 is 0 Å². The number of epoxide rings is 1. The molecule has 0 aromatic carbocycles. The van der Waals surface area contributed by atoms with Gasteiger partial charge in [0.25, 0.3) is 0 Å². The van der Waals surface area contributed by atoms with Crippen molar-refractivity contribution in [1.29, 1.82) is 0 Å². The van der Waals surface area contributed by atoms with Gasteiger partial charge < -0.3 is 10.5 Å². The fourth-order valence-corrected chi connectivity index (χ4v) is 1.78. The quantitative estimate of drug-likeness (QED) is 0.667. The minimum Gasteiger partial charge on any atom is -0.362 e. The van der Waals surface area contributed by atoms with E-state index in [1.165, 1.54) is 0 Å². The SMILES string of the molecule is CC(C)C[C@](C)(N)C(=O)[C@@]1(C)CO1. The monoisotopic (exact) mass is 185 g/mol. The standard InChI is InChI=1S/C10H19NO2/c1-7(2)5-9(3,11)8(12)10(4)6-13-10/h7H,5-6,11H2,1-4H3/t9-,10+/m0/s1. The lowest BCUT2D eigenvalue weighted by Gasteiger charge is -2.26. The van der Waals surface area contributed by atoms with E-state index in [-0.39, 0.29) is 5.78 Å². The maximum atomic E-state index is 11.8. The van der Waals surface area contributed by atoms with E-state index in [1.807, 2.05) is 0 Å². The normalized spacial score (nSPS) is 31.5. The highest BCUT2D eigenvalue weighted by atomic mass is 16.6. The Morgan fingerprint density at radius 2 is 2.15 bits per heavy atom. The molecule has 0 aromatic rings. The predicted octanol–water partition coefficient (Wildman–Crippen LogP) is 1.11. The largest absolute Gasteiger partial charge is 0.362 e. The lowest BCUT2D eigenvalue weighted by Crippen LogP contribution is -2.51. The van der Waals surface area contributed by atoms with Crippen molar-refractivity contribution in [2.75, 3.05) is 6.61 Å². The summed E-state index contributed by atoms with van der Waals surface area (Å²) in [6.07, 6.45) is 0.713. The van der Waals surface area contributed by atoms with Gasteiger partial charge in [0, 0.05) is 0 Å². The number of carbonyl (C=O) groups excluding carboxylic acids is 1. The average Bonchev–Trinajstić information content (AvgIpc) is 2.65. The molecular weight excluding hydrogens is 166 g/mol. The van der Waals surface area contributed by atoms with Crippen LogP contribution in [0.3, 0.4) is 0 Å². The molecule has 0 saturated carbocycles. The van der Waals surface area contributed by atoms with E-state index in [1.54, 1.807) is 13.8 Å². The first-order valence-corrected chi connectivity index (χ1v) is 4.76. The summed E-state index contributed by atoms with van der Waals surface area (Å²) in [4.78, 5) is 11.8. The molecule has 2 atom stereocenters. The second kappa shape index (κ2) is 3.07. The van der Waals surface area contributed by atoms with Crippen molar-refractivity contribution in [3.63, 3.8) is 0 Å². The number of hydrogen-bond donors (Lipinski definition) is 1. The molecule has 0 amide bonds. The van der Waals surface area contributed by atoms with Crippen LogP contribution in [0.5, 0.6) is 0 Å². The highest BCUT2D eigenvalue weighted by Crippen LogP contribution is 2.32. The molecule has 1 aliphatic rings. The van der Waals surface area contributed by atoms with Gasteiger partial charge in [0.2, 0.25) is 0 Å².